The molecule has 27 heavy (non-hydrogen) atoms. The molecule has 0 aliphatic heterocycles. The normalized spacial score (nSPS) is 11.1. The van der Waals surface area contributed by atoms with E-state index in [9.17, 15) is 25.0 Å². The van der Waals surface area contributed by atoms with Gasteiger partial charge in [0.25, 0.3) is 11.4 Å². The van der Waals surface area contributed by atoms with Crippen molar-refractivity contribution in [1.82, 2.24) is 0 Å². The number of carbonyl (C=O) groups is 1. The van der Waals surface area contributed by atoms with Crippen LogP contribution in [0.2, 0.25) is 0 Å². The van der Waals surface area contributed by atoms with Crippen molar-refractivity contribution in [2.24, 2.45) is 0 Å². The predicted octanol–water partition coefficient (Wildman–Crippen LogP) is 4.64. The maximum Gasteiger partial charge on any atom is 0.344 e. The average molecular weight is 372 g/mol. The summed E-state index contributed by atoms with van der Waals surface area (Å²) in [6.45, 7) is 9.05. The number of rotatable bonds is 4. The van der Waals surface area contributed by atoms with Gasteiger partial charge in [0.05, 0.1) is 15.4 Å². The van der Waals surface area contributed by atoms with E-state index in [0.29, 0.717) is 5.75 Å². The van der Waals surface area contributed by atoms with Crippen molar-refractivity contribution in [1.29, 1.82) is 0 Å². The zero-order chi connectivity index (χ0) is 20.5. The van der Waals surface area contributed by atoms with E-state index in [4.69, 9.17) is 4.74 Å². The Bertz CT molecular complexity index is 909. The number of hydrogen-bond acceptors (Lipinski definition) is 6. The third-order valence-electron chi connectivity index (χ3n) is 4.13. The van der Waals surface area contributed by atoms with Gasteiger partial charge < -0.3 is 4.74 Å². The molecule has 0 bridgehead atoms. The molecule has 0 saturated heterocycles. The van der Waals surface area contributed by atoms with E-state index in [-0.39, 0.29) is 16.5 Å². The third-order valence-corrected chi connectivity index (χ3v) is 4.13. The van der Waals surface area contributed by atoms with Gasteiger partial charge in [-0.05, 0) is 25.3 Å². The molecule has 0 aliphatic carbocycles. The molecule has 0 radical (unpaired) electrons. The molecule has 2 aromatic rings. The Morgan fingerprint density at radius 3 is 1.93 bits per heavy atom. The number of hydrogen-bond donors (Lipinski definition) is 0. The van der Waals surface area contributed by atoms with Crippen molar-refractivity contribution in [2.45, 2.75) is 40.0 Å². The SMILES string of the molecule is Cc1ccc(OC(=O)c2cc([N+](=O)[O-])c(C)c([N+](=O)[O-])c2)c(C(C)(C)C)c1. The molecule has 0 N–H and O–H groups in total. The van der Waals surface area contributed by atoms with Gasteiger partial charge in [-0.25, -0.2) is 4.79 Å². The van der Waals surface area contributed by atoms with Crippen molar-refractivity contribution in [3.8, 4) is 5.75 Å². The molecule has 0 amide bonds. The first-order valence-corrected chi connectivity index (χ1v) is 8.18. The predicted molar refractivity (Wildman–Crippen MR) is 99.3 cm³/mol. The fraction of sp³-hybridized carbons (Fsp3) is 0.316. The maximum absolute atomic E-state index is 12.6. The Kier molecular flexibility index (Phi) is 5.30. The Balaban J connectivity index is 2.51. The summed E-state index contributed by atoms with van der Waals surface area (Å²) in [4.78, 5) is 33.4. The van der Waals surface area contributed by atoms with Crippen LogP contribution >= 0.6 is 0 Å². The monoisotopic (exact) mass is 372 g/mol. The maximum atomic E-state index is 12.6. The topological polar surface area (TPSA) is 113 Å². The van der Waals surface area contributed by atoms with E-state index in [2.05, 4.69) is 0 Å². The number of nitrogens with zero attached hydrogens (tertiary/aromatic N) is 2. The van der Waals surface area contributed by atoms with Gasteiger partial charge in [0.15, 0.2) is 0 Å². The summed E-state index contributed by atoms with van der Waals surface area (Å²) in [5.74, 6) is -0.584. The van der Waals surface area contributed by atoms with Crippen LogP contribution in [0.25, 0.3) is 0 Å². The minimum Gasteiger partial charge on any atom is -0.423 e. The highest BCUT2D eigenvalue weighted by atomic mass is 16.6. The number of aryl methyl sites for hydroxylation is 1. The van der Waals surface area contributed by atoms with Gasteiger partial charge in [0.2, 0.25) is 0 Å². The lowest BCUT2D eigenvalue weighted by Gasteiger charge is -2.22. The van der Waals surface area contributed by atoms with Crippen molar-refractivity contribution in [2.75, 3.05) is 0 Å². The molecule has 0 aromatic heterocycles. The van der Waals surface area contributed by atoms with Gasteiger partial charge in [-0.15, -0.1) is 0 Å². The summed E-state index contributed by atoms with van der Waals surface area (Å²) >= 11 is 0. The molecule has 2 aromatic carbocycles. The number of nitro benzene ring substituents is 2. The molecule has 8 nitrogen and oxygen atoms in total. The Morgan fingerprint density at radius 1 is 0.963 bits per heavy atom. The van der Waals surface area contributed by atoms with E-state index in [0.717, 1.165) is 23.3 Å². The first-order valence-electron chi connectivity index (χ1n) is 8.18. The fourth-order valence-electron chi connectivity index (χ4n) is 2.66. The van der Waals surface area contributed by atoms with E-state index >= 15 is 0 Å². The zero-order valence-electron chi connectivity index (χ0n) is 15.7. The number of benzene rings is 2. The van der Waals surface area contributed by atoms with Crippen LogP contribution in [-0.4, -0.2) is 15.8 Å². The largest absolute Gasteiger partial charge is 0.423 e. The van der Waals surface area contributed by atoms with E-state index in [1.54, 1.807) is 12.1 Å². The number of esters is 1. The highest BCUT2D eigenvalue weighted by molar-refractivity contribution is 5.93. The smallest absolute Gasteiger partial charge is 0.344 e. The molecular weight excluding hydrogens is 352 g/mol. The Hall–Kier alpha value is -3.29. The quantitative estimate of drug-likeness (QED) is 0.334. The zero-order valence-corrected chi connectivity index (χ0v) is 15.7. The van der Waals surface area contributed by atoms with Crippen LogP contribution in [0, 0.1) is 34.1 Å². The van der Waals surface area contributed by atoms with Crippen molar-refractivity contribution in [3.05, 3.63) is 72.8 Å². The summed E-state index contributed by atoms with van der Waals surface area (Å²) in [7, 11) is 0. The molecule has 0 unspecified atom stereocenters. The number of nitro groups is 2. The van der Waals surface area contributed by atoms with Gasteiger partial charge in [-0.2, -0.15) is 0 Å². The summed E-state index contributed by atoms with van der Waals surface area (Å²) in [5.41, 5.74) is 0.0830. The highest BCUT2D eigenvalue weighted by Gasteiger charge is 2.27. The summed E-state index contributed by atoms with van der Waals surface area (Å²) in [6, 6.07) is 7.30. The molecular formula is C19H20N2O6. The molecule has 0 fully saturated rings. The molecule has 2 rings (SSSR count). The van der Waals surface area contributed by atoms with E-state index in [1.165, 1.54) is 6.92 Å². The van der Waals surface area contributed by atoms with Crippen molar-refractivity contribution >= 4 is 17.3 Å². The minimum atomic E-state index is -0.893. The first kappa shape index (κ1) is 20.0. The Morgan fingerprint density at radius 2 is 1.48 bits per heavy atom. The Labute approximate surface area is 156 Å². The highest BCUT2D eigenvalue weighted by Crippen LogP contribution is 2.34. The molecule has 0 saturated carbocycles. The molecule has 0 atom stereocenters. The van der Waals surface area contributed by atoms with Crippen LogP contribution in [-0.2, 0) is 5.41 Å². The van der Waals surface area contributed by atoms with Crippen LogP contribution in [0.4, 0.5) is 11.4 Å². The average Bonchev–Trinajstić information content (AvgIpc) is 2.55. The van der Waals surface area contributed by atoms with Crippen LogP contribution in [0.1, 0.15) is 47.8 Å². The van der Waals surface area contributed by atoms with Crippen LogP contribution in [0.3, 0.4) is 0 Å². The third kappa shape index (κ3) is 4.28. The molecule has 8 heteroatoms. The second-order valence-corrected chi connectivity index (χ2v) is 7.29. The number of ether oxygens (including phenoxy) is 1. The second-order valence-electron chi connectivity index (χ2n) is 7.29. The molecule has 0 aliphatic rings. The van der Waals surface area contributed by atoms with Gasteiger partial charge in [0.1, 0.15) is 11.3 Å². The lowest BCUT2D eigenvalue weighted by molar-refractivity contribution is -0.395. The van der Waals surface area contributed by atoms with Gasteiger partial charge in [-0.3, -0.25) is 20.2 Å². The molecule has 0 spiro atoms. The van der Waals surface area contributed by atoms with Gasteiger partial charge in [0, 0.05) is 17.7 Å². The van der Waals surface area contributed by atoms with Crippen molar-refractivity contribution < 1.29 is 19.4 Å². The van der Waals surface area contributed by atoms with Crippen LogP contribution < -0.4 is 4.74 Å². The summed E-state index contributed by atoms with van der Waals surface area (Å²) < 4.78 is 5.44. The second kappa shape index (κ2) is 7.14. The van der Waals surface area contributed by atoms with E-state index < -0.39 is 27.2 Å². The van der Waals surface area contributed by atoms with Gasteiger partial charge in [-0.1, -0.05) is 38.5 Å². The van der Waals surface area contributed by atoms with Gasteiger partial charge >= 0.3 is 5.97 Å². The fourth-order valence-corrected chi connectivity index (χ4v) is 2.66. The number of carbonyl (C=O) groups excluding carboxylic acids is 1. The summed E-state index contributed by atoms with van der Waals surface area (Å²) in [5, 5.41) is 22.4. The first-order chi connectivity index (χ1) is 12.4. The lowest BCUT2D eigenvalue weighted by atomic mass is 9.85. The lowest BCUT2D eigenvalue weighted by Crippen LogP contribution is -2.17. The molecule has 0 heterocycles. The van der Waals surface area contributed by atoms with Crippen molar-refractivity contribution in [3.63, 3.8) is 0 Å². The van der Waals surface area contributed by atoms with E-state index in [1.807, 2.05) is 33.8 Å². The minimum absolute atomic E-state index is 0.118. The molecule has 142 valence electrons. The van der Waals surface area contributed by atoms with Crippen LogP contribution in [0.15, 0.2) is 30.3 Å². The van der Waals surface area contributed by atoms with Crippen LogP contribution in [0.5, 0.6) is 5.75 Å². The summed E-state index contributed by atoms with van der Waals surface area (Å²) in [6.07, 6.45) is 0. The standard InChI is InChI=1S/C19H20N2O6/c1-11-6-7-17(14(8-11)19(3,4)5)27-18(22)13-9-15(20(23)24)12(2)16(10-13)21(25)26/h6-10H,1-5H3.